The maximum atomic E-state index is 12.3. The number of rotatable bonds is 2. The molecule has 17 heavy (non-hydrogen) atoms. The van der Waals surface area contributed by atoms with Crippen LogP contribution in [0.15, 0.2) is 0 Å². The molecule has 0 radical (unpaired) electrons. The van der Waals surface area contributed by atoms with Gasteiger partial charge in [0.05, 0.1) is 6.67 Å². The summed E-state index contributed by atoms with van der Waals surface area (Å²) in [7, 11) is 0. The molecule has 3 saturated carbocycles. The molecule has 0 N–H and O–H groups in total. The van der Waals surface area contributed by atoms with Crippen LogP contribution in [0.25, 0.3) is 0 Å². The van der Waals surface area contributed by atoms with Crippen molar-refractivity contribution in [2.24, 2.45) is 17.8 Å². The fourth-order valence-electron chi connectivity index (χ4n) is 3.82. The van der Waals surface area contributed by atoms with E-state index in [1.54, 1.807) is 4.90 Å². The second-order valence-corrected chi connectivity index (χ2v) is 6.06. The average molecular weight is 234 g/mol. The first-order chi connectivity index (χ1) is 8.25. The summed E-state index contributed by atoms with van der Waals surface area (Å²) >= 11 is 0. The highest BCUT2D eigenvalue weighted by Gasteiger charge is 2.58. The van der Waals surface area contributed by atoms with Crippen molar-refractivity contribution in [3.05, 3.63) is 0 Å². The second kappa shape index (κ2) is 3.24. The van der Waals surface area contributed by atoms with Gasteiger partial charge in [0.15, 0.2) is 0 Å². The lowest BCUT2D eigenvalue weighted by atomic mass is 10.1. The Morgan fingerprint density at radius 3 is 2.47 bits per heavy atom. The zero-order chi connectivity index (χ0) is 11.6. The summed E-state index contributed by atoms with van der Waals surface area (Å²) in [6.45, 7) is 0.906. The predicted octanol–water partition coefficient (Wildman–Crippen LogP) is 0.823. The minimum atomic E-state index is 0.159. The van der Waals surface area contributed by atoms with Crippen molar-refractivity contribution in [3.63, 3.8) is 0 Å². The number of carbonyl (C=O) groups is 2. The fourth-order valence-corrected chi connectivity index (χ4v) is 3.82. The van der Waals surface area contributed by atoms with E-state index in [1.165, 1.54) is 19.3 Å². The Hall–Kier alpha value is -1.06. The molecular formula is C13H18N2O2. The molecule has 0 bridgehead atoms. The summed E-state index contributed by atoms with van der Waals surface area (Å²) in [6.07, 6.45) is 6.02. The van der Waals surface area contributed by atoms with Crippen LogP contribution >= 0.6 is 0 Å². The van der Waals surface area contributed by atoms with Gasteiger partial charge in [-0.05, 0) is 37.5 Å². The van der Waals surface area contributed by atoms with Crippen LogP contribution in [-0.2, 0) is 9.59 Å². The first-order valence-corrected chi connectivity index (χ1v) is 6.84. The molecule has 4 rings (SSSR count). The van der Waals surface area contributed by atoms with Gasteiger partial charge in [0.25, 0.3) is 0 Å². The lowest BCUT2D eigenvalue weighted by Gasteiger charge is -2.18. The molecule has 4 fully saturated rings. The van der Waals surface area contributed by atoms with Crippen LogP contribution in [0.5, 0.6) is 0 Å². The van der Waals surface area contributed by atoms with Crippen LogP contribution in [0.1, 0.15) is 32.1 Å². The van der Waals surface area contributed by atoms with Crippen molar-refractivity contribution in [2.45, 2.75) is 38.1 Å². The Kier molecular flexibility index (Phi) is 1.89. The third kappa shape index (κ3) is 1.42. The Bertz CT molecular complexity index is 381. The van der Waals surface area contributed by atoms with Gasteiger partial charge in [-0.25, -0.2) is 0 Å². The largest absolute Gasteiger partial charge is 0.320 e. The molecule has 2 amide bonds. The first kappa shape index (κ1) is 9.92. The highest BCUT2D eigenvalue weighted by atomic mass is 16.2. The average Bonchev–Trinajstić information content (AvgIpc) is 3.20. The normalized spacial score (nSPS) is 39.8. The molecule has 1 aliphatic heterocycles. The molecular weight excluding hydrogens is 216 g/mol. The Morgan fingerprint density at radius 2 is 1.82 bits per heavy atom. The van der Waals surface area contributed by atoms with E-state index in [0.29, 0.717) is 31.1 Å². The zero-order valence-electron chi connectivity index (χ0n) is 9.97. The summed E-state index contributed by atoms with van der Waals surface area (Å²) in [5.41, 5.74) is 0. The van der Waals surface area contributed by atoms with Crippen molar-refractivity contribution < 1.29 is 9.59 Å². The van der Waals surface area contributed by atoms with Gasteiger partial charge in [0.2, 0.25) is 11.8 Å². The molecule has 0 aromatic heterocycles. The van der Waals surface area contributed by atoms with Crippen LogP contribution in [0, 0.1) is 17.8 Å². The number of hydrogen-bond acceptors (Lipinski definition) is 2. The van der Waals surface area contributed by atoms with E-state index in [-0.39, 0.29) is 17.7 Å². The highest BCUT2D eigenvalue weighted by Crippen LogP contribution is 2.58. The molecule has 4 heteroatoms. The number of carbonyl (C=O) groups excluding carboxylic acids is 2. The molecule has 2 atom stereocenters. The van der Waals surface area contributed by atoms with E-state index in [9.17, 15) is 9.59 Å². The zero-order valence-corrected chi connectivity index (χ0v) is 9.97. The molecule has 0 aromatic rings. The third-order valence-corrected chi connectivity index (χ3v) is 4.96. The van der Waals surface area contributed by atoms with Crippen molar-refractivity contribution in [1.82, 2.24) is 9.80 Å². The molecule has 92 valence electrons. The minimum Gasteiger partial charge on any atom is -0.320 e. The van der Waals surface area contributed by atoms with Crippen LogP contribution in [0.2, 0.25) is 0 Å². The van der Waals surface area contributed by atoms with Crippen LogP contribution in [0.4, 0.5) is 0 Å². The van der Waals surface area contributed by atoms with Crippen molar-refractivity contribution in [3.8, 4) is 0 Å². The standard InChI is InChI=1S/C13H18N2O2/c16-11-6-14(7-15(11)8-4-5-8)13(17)12-9-2-1-3-10(9)12/h8-10,12H,1-7H2. The first-order valence-electron chi connectivity index (χ1n) is 6.84. The smallest absolute Gasteiger partial charge is 0.243 e. The van der Waals surface area contributed by atoms with E-state index in [4.69, 9.17) is 0 Å². The van der Waals surface area contributed by atoms with Crippen LogP contribution in [0.3, 0.4) is 0 Å². The molecule has 1 saturated heterocycles. The third-order valence-electron chi connectivity index (χ3n) is 4.96. The second-order valence-electron chi connectivity index (χ2n) is 6.06. The quantitative estimate of drug-likeness (QED) is 0.710. The monoisotopic (exact) mass is 234 g/mol. The van der Waals surface area contributed by atoms with E-state index >= 15 is 0 Å². The molecule has 0 spiro atoms. The SMILES string of the molecule is O=C(C1C2CCCC21)N1CC(=O)N(C2CC2)C1. The van der Waals surface area contributed by atoms with Gasteiger partial charge in [-0.3, -0.25) is 9.59 Å². The Morgan fingerprint density at radius 1 is 1.12 bits per heavy atom. The Labute approximate surface area is 101 Å². The van der Waals surface area contributed by atoms with Gasteiger partial charge in [-0.1, -0.05) is 6.42 Å². The van der Waals surface area contributed by atoms with E-state index < -0.39 is 0 Å². The van der Waals surface area contributed by atoms with Gasteiger partial charge in [-0.2, -0.15) is 0 Å². The van der Waals surface area contributed by atoms with Gasteiger partial charge < -0.3 is 9.80 Å². The minimum absolute atomic E-state index is 0.159. The molecule has 1 heterocycles. The van der Waals surface area contributed by atoms with Crippen LogP contribution in [-0.4, -0.2) is 40.9 Å². The molecule has 4 nitrogen and oxygen atoms in total. The van der Waals surface area contributed by atoms with Crippen molar-refractivity contribution in [2.75, 3.05) is 13.2 Å². The molecule has 0 aromatic carbocycles. The van der Waals surface area contributed by atoms with Crippen LogP contribution < -0.4 is 0 Å². The topological polar surface area (TPSA) is 40.6 Å². The lowest BCUT2D eigenvalue weighted by molar-refractivity contribution is -0.133. The Balaban J connectivity index is 1.43. The van der Waals surface area contributed by atoms with Gasteiger partial charge >= 0.3 is 0 Å². The molecule has 2 unspecified atom stereocenters. The predicted molar refractivity (Wildman–Crippen MR) is 60.8 cm³/mol. The summed E-state index contributed by atoms with van der Waals surface area (Å²) in [6, 6.07) is 0.444. The number of hydrogen-bond donors (Lipinski definition) is 0. The van der Waals surface area contributed by atoms with Gasteiger partial charge in [0.1, 0.15) is 6.54 Å². The van der Waals surface area contributed by atoms with Crippen molar-refractivity contribution >= 4 is 11.8 Å². The fraction of sp³-hybridized carbons (Fsp3) is 0.846. The number of amides is 2. The lowest BCUT2D eigenvalue weighted by Crippen LogP contribution is -2.34. The maximum absolute atomic E-state index is 12.3. The maximum Gasteiger partial charge on any atom is 0.243 e. The number of fused-ring (bicyclic) bond motifs is 1. The summed E-state index contributed by atoms with van der Waals surface area (Å²) in [4.78, 5) is 27.8. The summed E-state index contributed by atoms with van der Waals surface area (Å²) in [5.74, 6) is 2.01. The molecule has 3 aliphatic carbocycles. The van der Waals surface area contributed by atoms with Gasteiger partial charge in [-0.15, -0.1) is 0 Å². The van der Waals surface area contributed by atoms with E-state index in [1.807, 2.05) is 4.90 Å². The van der Waals surface area contributed by atoms with E-state index in [2.05, 4.69) is 0 Å². The molecule has 4 aliphatic rings. The highest BCUT2D eigenvalue weighted by molar-refractivity contribution is 5.90. The summed E-state index contributed by atoms with van der Waals surface area (Å²) in [5, 5.41) is 0. The van der Waals surface area contributed by atoms with E-state index in [0.717, 1.165) is 12.8 Å². The van der Waals surface area contributed by atoms with Crippen molar-refractivity contribution in [1.29, 1.82) is 0 Å². The number of nitrogens with zero attached hydrogens (tertiary/aromatic N) is 2. The summed E-state index contributed by atoms with van der Waals surface area (Å²) < 4.78 is 0. The van der Waals surface area contributed by atoms with Gasteiger partial charge in [0, 0.05) is 12.0 Å².